The maximum Gasteiger partial charge on any atom is 0.317 e. The zero-order chi connectivity index (χ0) is 17.0. The van der Waals surface area contributed by atoms with E-state index in [1.165, 1.54) is 37.7 Å². The summed E-state index contributed by atoms with van der Waals surface area (Å²) in [6.45, 7) is 0. The van der Waals surface area contributed by atoms with Crippen LogP contribution in [0.5, 0.6) is 0 Å². The van der Waals surface area contributed by atoms with Crippen LogP contribution in [0, 0.1) is 11.8 Å². The summed E-state index contributed by atoms with van der Waals surface area (Å²) in [6, 6.07) is 11.7. The highest BCUT2D eigenvalue weighted by molar-refractivity contribution is 5.85. The molecule has 5 rings (SSSR count). The minimum Gasteiger partial charge on any atom is -0.462 e. The fraction of sp³-hybridized carbons (Fsp3) is 0.682. The molecule has 6 atom stereocenters. The maximum absolute atomic E-state index is 13.5. The normalized spacial score (nSPS) is 41.0. The van der Waals surface area contributed by atoms with Crippen LogP contribution in [0.1, 0.15) is 56.9 Å². The van der Waals surface area contributed by atoms with Crippen LogP contribution >= 0.6 is 12.4 Å². The van der Waals surface area contributed by atoms with Crippen molar-refractivity contribution < 1.29 is 9.53 Å². The van der Waals surface area contributed by atoms with Crippen LogP contribution in [0.4, 0.5) is 0 Å². The molecule has 2 aliphatic carbocycles. The molecule has 26 heavy (non-hydrogen) atoms. The van der Waals surface area contributed by atoms with Crippen molar-refractivity contribution in [1.29, 1.82) is 0 Å². The number of piperidine rings is 1. The van der Waals surface area contributed by atoms with Crippen LogP contribution in [-0.4, -0.2) is 36.1 Å². The van der Waals surface area contributed by atoms with Crippen LogP contribution in [0.2, 0.25) is 0 Å². The summed E-state index contributed by atoms with van der Waals surface area (Å²) in [7, 11) is 2.24. The molecule has 0 aromatic heterocycles. The summed E-state index contributed by atoms with van der Waals surface area (Å²) >= 11 is 0. The number of ether oxygens (including phenoxy) is 1. The van der Waals surface area contributed by atoms with Crippen molar-refractivity contribution in [3.63, 3.8) is 0 Å². The molecule has 2 saturated carbocycles. The molecule has 1 aromatic carbocycles. The number of esters is 1. The molecule has 142 valence electrons. The van der Waals surface area contributed by atoms with Gasteiger partial charge in [0.2, 0.25) is 0 Å². The van der Waals surface area contributed by atoms with Gasteiger partial charge in [0.1, 0.15) is 6.10 Å². The standard InChI is InChI=1S/C22H29NO2.ClH/c1-23-18-9-10-19(23)13-20(12-18)25-21(24)22(16-5-3-2-4-6-16)14-15-7-8-17(22)11-15;/h2-6,15,17-20H,7-14H2,1H3;1H/t15?,17?,18-,19+,20?,22?;. The second-order valence-corrected chi connectivity index (χ2v) is 8.97. The summed E-state index contributed by atoms with van der Waals surface area (Å²) in [4.78, 5) is 16.0. The lowest BCUT2D eigenvalue weighted by Gasteiger charge is -2.40. The maximum atomic E-state index is 13.5. The van der Waals surface area contributed by atoms with Gasteiger partial charge in [0.15, 0.2) is 0 Å². The second kappa shape index (κ2) is 6.83. The first-order valence-electron chi connectivity index (χ1n) is 10.2. The summed E-state index contributed by atoms with van der Waals surface area (Å²) in [6.07, 6.45) is 9.41. The first-order chi connectivity index (χ1) is 12.2. The van der Waals surface area contributed by atoms with Crippen LogP contribution in [0.3, 0.4) is 0 Å². The van der Waals surface area contributed by atoms with Crippen LogP contribution < -0.4 is 0 Å². The molecule has 0 N–H and O–H groups in total. The van der Waals surface area contributed by atoms with Gasteiger partial charge in [-0.25, -0.2) is 0 Å². The Morgan fingerprint density at radius 3 is 2.31 bits per heavy atom. The summed E-state index contributed by atoms with van der Waals surface area (Å²) in [5, 5.41) is 0. The van der Waals surface area contributed by atoms with Crippen LogP contribution in [-0.2, 0) is 14.9 Å². The number of rotatable bonds is 3. The van der Waals surface area contributed by atoms with Crippen molar-refractivity contribution in [2.45, 2.75) is 75.0 Å². The van der Waals surface area contributed by atoms with Crippen molar-refractivity contribution in [3.05, 3.63) is 35.9 Å². The van der Waals surface area contributed by atoms with Gasteiger partial charge in [0.05, 0.1) is 5.41 Å². The van der Waals surface area contributed by atoms with Crippen LogP contribution in [0.15, 0.2) is 30.3 Å². The molecule has 4 bridgehead atoms. The first-order valence-corrected chi connectivity index (χ1v) is 10.2. The number of hydrogen-bond donors (Lipinski definition) is 0. The minimum absolute atomic E-state index is 0. The minimum atomic E-state index is -0.368. The molecule has 0 radical (unpaired) electrons. The Balaban J connectivity index is 0.00000168. The van der Waals surface area contributed by atoms with Gasteiger partial charge in [-0.2, -0.15) is 0 Å². The molecule has 0 spiro atoms. The van der Waals surface area contributed by atoms with E-state index >= 15 is 0 Å². The lowest BCUT2D eigenvalue weighted by atomic mass is 9.68. The molecule has 2 heterocycles. The lowest BCUT2D eigenvalue weighted by Crippen LogP contribution is -2.47. The number of halogens is 1. The van der Waals surface area contributed by atoms with Gasteiger partial charge in [-0.15, -0.1) is 12.4 Å². The van der Waals surface area contributed by atoms with E-state index in [4.69, 9.17) is 4.74 Å². The zero-order valence-electron chi connectivity index (χ0n) is 15.6. The van der Waals surface area contributed by atoms with E-state index in [1.807, 2.05) is 6.07 Å². The quantitative estimate of drug-likeness (QED) is 0.736. The van der Waals surface area contributed by atoms with Crippen LogP contribution in [0.25, 0.3) is 0 Å². The summed E-state index contributed by atoms with van der Waals surface area (Å²) < 4.78 is 6.25. The van der Waals surface area contributed by atoms with E-state index in [9.17, 15) is 4.79 Å². The number of nitrogens with zero attached hydrogens (tertiary/aromatic N) is 1. The van der Waals surface area contributed by atoms with Crippen molar-refractivity contribution in [2.75, 3.05) is 7.05 Å². The third-order valence-electron chi connectivity index (χ3n) is 7.83. The smallest absolute Gasteiger partial charge is 0.317 e. The number of benzene rings is 1. The van der Waals surface area contributed by atoms with E-state index in [1.54, 1.807) is 0 Å². The number of fused-ring (bicyclic) bond motifs is 4. The fourth-order valence-corrected chi connectivity index (χ4v) is 6.50. The van der Waals surface area contributed by atoms with E-state index in [2.05, 4.69) is 36.2 Å². The monoisotopic (exact) mass is 375 g/mol. The molecule has 4 heteroatoms. The molecule has 4 fully saturated rings. The zero-order valence-corrected chi connectivity index (χ0v) is 16.4. The summed E-state index contributed by atoms with van der Waals surface area (Å²) in [5.41, 5.74) is 0.829. The molecule has 4 unspecified atom stereocenters. The van der Waals surface area contributed by atoms with Gasteiger partial charge >= 0.3 is 5.97 Å². The Morgan fingerprint density at radius 1 is 1.04 bits per heavy atom. The van der Waals surface area contributed by atoms with Gasteiger partial charge in [-0.05, 0) is 69.4 Å². The third-order valence-corrected chi connectivity index (χ3v) is 7.83. The highest BCUT2D eigenvalue weighted by Gasteiger charge is 2.58. The van der Waals surface area contributed by atoms with E-state index in [-0.39, 0.29) is 29.9 Å². The Morgan fingerprint density at radius 2 is 1.73 bits per heavy atom. The third kappa shape index (κ3) is 2.70. The van der Waals surface area contributed by atoms with Crippen molar-refractivity contribution >= 4 is 18.4 Å². The summed E-state index contributed by atoms with van der Waals surface area (Å²) in [5.74, 6) is 1.28. The van der Waals surface area contributed by atoms with Gasteiger partial charge in [0.25, 0.3) is 0 Å². The Kier molecular flexibility index (Phi) is 4.81. The SMILES string of the molecule is CN1[C@@H]2CC[C@H]1CC(OC(=O)C1(c3ccccc3)CC3CCC1C3)C2.Cl. The lowest BCUT2D eigenvalue weighted by molar-refractivity contribution is -0.162. The van der Waals surface area contributed by atoms with Gasteiger partial charge in [-0.3, -0.25) is 4.79 Å². The van der Waals surface area contributed by atoms with E-state index in [0.717, 1.165) is 19.3 Å². The van der Waals surface area contributed by atoms with Crippen molar-refractivity contribution in [1.82, 2.24) is 4.90 Å². The average Bonchev–Trinajstić information content (AvgIpc) is 3.29. The number of carbonyl (C=O) groups excluding carboxylic acids is 1. The van der Waals surface area contributed by atoms with E-state index < -0.39 is 0 Å². The highest BCUT2D eigenvalue weighted by atomic mass is 35.5. The first kappa shape index (κ1) is 18.3. The average molecular weight is 376 g/mol. The fourth-order valence-electron chi connectivity index (χ4n) is 6.50. The van der Waals surface area contributed by atoms with E-state index in [0.29, 0.717) is 23.9 Å². The molecule has 4 aliphatic rings. The Hall–Kier alpha value is -1.06. The topological polar surface area (TPSA) is 29.5 Å². The van der Waals surface area contributed by atoms with Gasteiger partial charge in [0, 0.05) is 12.1 Å². The van der Waals surface area contributed by atoms with Gasteiger partial charge < -0.3 is 9.64 Å². The number of carbonyl (C=O) groups is 1. The second-order valence-electron chi connectivity index (χ2n) is 8.97. The predicted molar refractivity (Wildman–Crippen MR) is 105 cm³/mol. The largest absolute Gasteiger partial charge is 0.462 e. The number of hydrogen-bond acceptors (Lipinski definition) is 3. The van der Waals surface area contributed by atoms with Crippen molar-refractivity contribution in [2.24, 2.45) is 11.8 Å². The Labute approximate surface area is 162 Å². The Bertz CT molecular complexity index is 651. The molecule has 3 nitrogen and oxygen atoms in total. The molecule has 2 saturated heterocycles. The molecular formula is C22H30ClNO2. The molecule has 0 amide bonds. The molecule has 2 aliphatic heterocycles. The van der Waals surface area contributed by atoms with Gasteiger partial charge in [-0.1, -0.05) is 36.8 Å². The highest BCUT2D eigenvalue weighted by Crippen LogP contribution is 2.57. The van der Waals surface area contributed by atoms with Crippen molar-refractivity contribution in [3.8, 4) is 0 Å². The molecular weight excluding hydrogens is 346 g/mol. The molecule has 1 aromatic rings. The predicted octanol–water partition coefficient (Wildman–Crippen LogP) is 4.33.